The Kier molecular flexibility index (Phi) is 5.22. The molecule has 0 heterocycles. The Balaban J connectivity index is 2.75. The summed E-state index contributed by atoms with van der Waals surface area (Å²) < 4.78 is 20.7. The van der Waals surface area contributed by atoms with Crippen molar-refractivity contribution >= 4 is 0 Å². The molecule has 0 atom stereocenters. The lowest BCUT2D eigenvalue weighted by Crippen LogP contribution is -2.00. The van der Waals surface area contributed by atoms with Gasteiger partial charge in [0.25, 0.3) is 0 Å². The minimum Gasteiger partial charge on any atom is -0.493 e. The molecule has 1 aromatic rings. The fourth-order valence-electron chi connectivity index (χ4n) is 1.13. The van der Waals surface area contributed by atoms with Crippen molar-refractivity contribution in [1.29, 1.82) is 0 Å². The second-order valence-corrected chi connectivity index (χ2v) is 2.96. The van der Waals surface area contributed by atoms with Gasteiger partial charge in [0.05, 0.1) is 7.11 Å². The highest BCUT2D eigenvalue weighted by Gasteiger charge is 2.05. The number of hydrogen-bond donors (Lipinski definition) is 0. The smallest absolute Gasteiger partial charge is 0.188 e. The van der Waals surface area contributed by atoms with Crippen molar-refractivity contribution in [3.05, 3.63) is 30.9 Å². The third-order valence-corrected chi connectivity index (χ3v) is 1.84. The van der Waals surface area contributed by atoms with E-state index in [9.17, 15) is 0 Å². The van der Waals surface area contributed by atoms with Crippen molar-refractivity contribution in [1.82, 2.24) is 0 Å². The summed E-state index contributed by atoms with van der Waals surface area (Å²) >= 11 is 0. The van der Waals surface area contributed by atoms with Crippen LogP contribution in [0.2, 0.25) is 0 Å². The third-order valence-electron chi connectivity index (χ3n) is 1.84. The Morgan fingerprint density at radius 2 is 2.00 bits per heavy atom. The number of hydrogen-bond acceptors (Lipinski definition) is 4. The standard InChI is InChI=1S/C12H16O4/c1-4-7-15-11-6-5-10(16-9-13-2)8-12(11)14-3/h4-6,8H,1,7,9H2,2-3H3. The minimum atomic E-state index is 0.204. The average Bonchev–Trinajstić information content (AvgIpc) is 2.34. The van der Waals surface area contributed by atoms with Crippen LogP contribution in [0.1, 0.15) is 0 Å². The van der Waals surface area contributed by atoms with Gasteiger partial charge in [0.2, 0.25) is 0 Å². The molecule has 4 nitrogen and oxygen atoms in total. The fraction of sp³-hybridized carbons (Fsp3) is 0.333. The maximum absolute atomic E-state index is 5.41. The van der Waals surface area contributed by atoms with Gasteiger partial charge in [0.1, 0.15) is 12.4 Å². The van der Waals surface area contributed by atoms with Gasteiger partial charge in [-0.1, -0.05) is 12.7 Å². The second kappa shape index (κ2) is 6.74. The van der Waals surface area contributed by atoms with E-state index in [1.807, 2.05) is 0 Å². The molecule has 0 aliphatic rings. The normalized spacial score (nSPS) is 9.62. The largest absolute Gasteiger partial charge is 0.493 e. The summed E-state index contributed by atoms with van der Waals surface area (Å²) in [5.74, 6) is 1.95. The van der Waals surface area contributed by atoms with Gasteiger partial charge in [-0.3, -0.25) is 0 Å². The number of rotatable bonds is 7. The molecule has 0 aromatic heterocycles. The molecule has 0 fully saturated rings. The van der Waals surface area contributed by atoms with E-state index in [0.29, 0.717) is 23.9 Å². The van der Waals surface area contributed by atoms with Crippen molar-refractivity contribution in [2.45, 2.75) is 0 Å². The lowest BCUT2D eigenvalue weighted by atomic mass is 10.3. The molecule has 0 radical (unpaired) electrons. The Bertz CT molecular complexity index is 336. The molecule has 0 bridgehead atoms. The monoisotopic (exact) mass is 224 g/mol. The van der Waals surface area contributed by atoms with Crippen molar-refractivity contribution in [2.24, 2.45) is 0 Å². The average molecular weight is 224 g/mol. The summed E-state index contributed by atoms with van der Waals surface area (Å²) in [6, 6.07) is 5.32. The van der Waals surface area contributed by atoms with Crippen molar-refractivity contribution in [2.75, 3.05) is 27.6 Å². The summed E-state index contributed by atoms with van der Waals surface area (Å²) in [6.07, 6.45) is 1.68. The van der Waals surface area contributed by atoms with Crippen LogP contribution in [0, 0.1) is 0 Å². The molecule has 4 heteroatoms. The van der Waals surface area contributed by atoms with Crippen LogP contribution in [-0.4, -0.2) is 27.6 Å². The highest BCUT2D eigenvalue weighted by Crippen LogP contribution is 2.31. The Labute approximate surface area is 95.4 Å². The molecule has 0 saturated heterocycles. The fourth-order valence-corrected chi connectivity index (χ4v) is 1.13. The van der Waals surface area contributed by atoms with Gasteiger partial charge in [-0.25, -0.2) is 0 Å². The van der Waals surface area contributed by atoms with Crippen LogP contribution in [0.15, 0.2) is 30.9 Å². The van der Waals surface area contributed by atoms with Gasteiger partial charge < -0.3 is 18.9 Å². The van der Waals surface area contributed by atoms with Crippen LogP contribution in [-0.2, 0) is 4.74 Å². The molecule has 88 valence electrons. The minimum absolute atomic E-state index is 0.204. The van der Waals surface area contributed by atoms with E-state index in [2.05, 4.69) is 6.58 Å². The molecule has 0 aliphatic carbocycles. The van der Waals surface area contributed by atoms with E-state index < -0.39 is 0 Å². The summed E-state index contributed by atoms with van der Waals surface area (Å²) in [6.45, 7) is 4.23. The highest BCUT2D eigenvalue weighted by molar-refractivity contribution is 5.45. The lowest BCUT2D eigenvalue weighted by molar-refractivity contribution is 0.0509. The van der Waals surface area contributed by atoms with Crippen LogP contribution in [0.3, 0.4) is 0 Å². The zero-order valence-electron chi connectivity index (χ0n) is 9.56. The van der Waals surface area contributed by atoms with E-state index in [0.717, 1.165) is 0 Å². The van der Waals surface area contributed by atoms with Gasteiger partial charge in [-0.15, -0.1) is 0 Å². The van der Waals surface area contributed by atoms with Gasteiger partial charge in [0, 0.05) is 13.2 Å². The summed E-state index contributed by atoms with van der Waals surface area (Å²) in [7, 11) is 3.15. The zero-order chi connectivity index (χ0) is 11.8. The van der Waals surface area contributed by atoms with Gasteiger partial charge in [0.15, 0.2) is 18.3 Å². The Morgan fingerprint density at radius 3 is 2.62 bits per heavy atom. The summed E-state index contributed by atoms with van der Waals surface area (Å²) in [5, 5.41) is 0. The number of benzene rings is 1. The SMILES string of the molecule is C=CCOc1ccc(OCOC)cc1OC. The van der Waals surface area contributed by atoms with Crippen LogP contribution in [0.25, 0.3) is 0 Å². The van der Waals surface area contributed by atoms with Gasteiger partial charge in [-0.2, -0.15) is 0 Å². The van der Waals surface area contributed by atoms with Crippen LogP contribution < -0.4 is 14.2 Å². The van der Waals surface area contributed by atoms with E-state index in [1.165, 1.54) is 0 Å². The first kappa shape index (κ1) is 12.4. The first-order valence-corrected chi connectivity index (χ1v) is 4.85. The van der Waals surface area contributed by atoms with Gasteiger partial charge >= 0.3 is 0 Å². The maximum atomic E-state index is 5.41. The van der Waals surface area contributed by atoms with Crippen molar-refractivity contribution in [3.63, 3.8) is 0 Å². The first-order valence-electron chi connectivity index (χ1n) is 4.85. The number of ether oxygens (including phenoxy) is 4. The van der Waals surface area contributed by atoms with Crippen molar-refractivity contribution in [3.8, 4) is 17.2 Å². The first-order chi connectivity index (χ1) is 7.81. The molecule has 1 aromatic carbocycles. The van der Waals surface area contributed by atoms with Crippen LogP contribution in [0.5, 0.6) is 17.2 Å². The molecule has 16 heavy (non-hydrogen) atoms. The van der Waals surface area contributed by atoms with E-state index in [4.69, 9.17) is 18.9 Å². The lowest BCUT2D eigenvalue weighted by Gasteiger charge is -2.11. The molecule has 0 amide bonds. The molecule has 0 spiro atoms. The summed E-state index contributed by atoms with van der Waals surface area (Å²) in [4.78, 5) is 0. The predicted octanol–water partition coefficient (Wildman–Crippen LogP) is 2.24. The van der Waals surface area contributed by atoms with Crippen molar-refractivity contribution < 1.29 is 18.9 Å². The maximum Gasteiger partial charge on any atom is 0.188 e. The second-order valence-electron chi connectivity index (χ2n) is 2.96. The Hall–Kier alpha value is -1.68. The van der Waals surface area contributed by atoms with E-state index in [1.54, 1.807) is 38.5 Å². The molecular weight excluding hydrogens is 208 g/mol. The zero-order valence-corrected chi connectivity index (χ0v) is 9.56. The van der Waals surface area contributed by atoms with E-state index >= 15 is 0 Å². The highest BCUT2D eigenvalue weighted by atomic mass is 16.7. The van der Waals surface area contributed by atoms with Crippen LogP contribution >= 0.6 is 0 Å². The predicted molar refractivity (Wildman–Crippen MR) is 61.2 cm³/mol. The van der Waals surface area contributed by atoms with E-state index in [-0.39, 0.29) is 6.79 Å². The summed E-state index contributed by atoms with van der Waals surface area (Å²) in [5.41, 5.74) is 0. The van der Waals surface area contributed by atoms with Gasteiger partial charge in [-0.05, 0) is 12.1 Å². The third kappa shape index (κ3) is 3.47. The Morgan fingerprint density at radius 1 is 1.19 bits per heavy atom. The quantitative estimate of drug-likeness (QED) is 0.525. The molecule has 0 unspecified atom stereocenters. The number of methoxy groups -OCH3 is 2. The molecule has 1 rings (SSSR count). The molecule has 0 aliphatic heterocycles. The molecular formula is C12H16O4. The molecule has 0 N–H and O–H groups in total. The van der Waals surface area contributed by atoms with Crippen LogP contribution in [0.4, 0.5) is 0 Å². The topological polar surface area (TPSA) is 36.9 Å². The molecule has 0 saturated carbocycles.